The van der Waals surface area contributed by atoms with Crippen molar-refractivity contribution in [1.29, 1.82) is 0 Å². The number of rotatable bonds is 6. The van der Waals surface area contributed by atoms with Gasteiger partial charge in [0.25, 0.3) is 0 Å². The maximum absolute atomic E-state index is 11.6. The number of amides is 2. The Bertz CT molecular complexity index is 571. The lowest BCUT2D eigenvalue weighted by Crippen LogP contribution is -2.40. The monoisotopic (exact) mass is 396 g/mol. The molecule has 0 spiro atoms. The third-order valence-electron chi connectivity index (χ3n) is 3.50. The van der Waals surface area contributed by atoms with Crippen LogP contribution in [0.5, 0.6) is 0 Å². The Labute approximate surface area is 149 Å². The first-order valence-electron chi connectivity index (χ1n) is 7.82. The highest BCUT2D eigenvalue weighted by Gasteiger charge is 2.13. The molecule has 1 aliphatic heterocycles. The van der Waals surface area contributed by atoms with Gasteiger partial charge in [0.05, 0.1) is 19.4 Å². The molecular formula is C16H21BrN4O3. The molecule has 0 radical (unpaired) electrons. The van der Waals surface area contributed by atoms with Crippen molar-refractivity contribution in [1.82, 2.24) is 15.6 Å². The largest absolute Gasteiger partial charge is 0.379 e. The Kier molecular flexibility index (Phi) is 7.87. The van der Waals surface area contributed by atoms with E-state index in [2.05, 4.69) is 36.7 Å². The van der Waals surface area contributed by atoms with Crippen LogP contribution in [-0.2, 0) is 14.3 Å². The zero-order valence-electron chi connectivity index (χ0n) is 13.3. The summed E-state index contributed by atoms with van der Waals surface area (Å²) in [6.07, 6.45) is 2.28. The molecule has 1 aromatic rings. The average Bonchev–Trinajstić information content (AvgIpc) is 2.61. The van der Waals surface area contributed by atoms with Crippen molar-refractivity contribution in [2.24, 2.45) is 5.10 Å². The number of carbonyl (C=O) groups is 2. The summed E-state index contributed by atoms with van der Waals surface area (Å²) in [7, 11) is 0. The number of carbonyl (C=O) groups excluding carboxylic acids is 2. The Morgan fingerprint density at radius 2 is 1.92 bits per heavy atom. The molecule has 0 aliphatic carbocycles. The van der Waals surface area contributed by atoms with Gasteiger partial charge in [-0.15, -0.1) is 0 Å². The maximum atomic E-state index is 11.6. The smallest absolute Gasteiger partial charge is 0.329 e. The van der Waals surface area contributed by atoms with Gasteiger partial charge in [0.15, 0.2) is 0 Å². The molecular weight excluding hydrogens is 376 g/mol. The molecule has 0 atom stereocenters. The van der Waals surface area contributed by atoms with E-state index in [0.717, 1.165) is 49.3 Å². The van der Waals surface area contributed by atoms with Crippen LogP contribution >= 0.6 is 15.9 Å². The summed E-state index contributed by atoms with van der Waals surface area (Å²) in [5.74, 6) is -1.44. The summed E-state index contributed by atoms with van der Waals surface area (Å²) in [5.41, 5.74) is 3.04. The predicted octanol–water partition coefficient (Wildman–Crippen LogP) is 0.738. The Morgan fingerprint density at radius 3 is 2.62 bits per heavy atom. The highest BCUT2D eigenvalue weighted by atomic mass is 79.9. The summed E-state index contributed by atoms with van der Waals surface area (Å²) >= 11 is 3.33. The van der Waals surface area contributed by atoms with Crippen molar-refractivity contribution in [3.63, 3.8) is 0 Å². The third-order valence-corrected chi connectivity index (χ3v) is 4.02. The SMILES string of the molecule is O=C(NCCCN1CCOCC1)C(=O)N/N=C\c1ccc(Br)cc1. The van der Waals surface area contributed by atoms with Gasteiger partial charge < -0.3 is 10.1 Å². The second kappa shape index (κ2) is 10.2. The van der Waals surface area contributed by atoms with E-state index in [-0.39, 0.29) is 0 Å². The molecule has 2 rings (SSSR count). The second-order valence-corrected chi connectivity index (χ2v) is 6.23. The van der Waals surface area contributed by atoms with E-state index in [1.54, 1.807) is 0 Å². The topological polar surface area (TPSA) is 83.0 Å². The molecule has 8 heteroatoms. The number of hydrogen-bond acceptors (Lipinski definition) is 5. The first-order chi connectivity index (χ1) is 11.6. The number of benzene rings is 1. The van der Waals surface area contributed by atoms with Crippen LogP contribution in [0.15, 0.2) is 33.8 Å². The molecule has 1 aliphatic rings. The Morgan fingerprint density at radius 1 is 1.21 bits per heavy atom. The molecule has 7 nitrogen and oxygen atoms in total. The van der Waals surface area contributed by atoms with Crippen LogP contribution in [0.2, 0.25) is 0 Å². The molecule has 0 unspecified atom stereocenters. The number of halogens is 1. The van der Waals surface area contributed by atoms with Gasteiger partial charge in [0.2, 0.25) is 0 Å². The van der Waals surface area contributed by atoms with Crippen LogP contribution in [0.25, 0.3) is 0 Å². The van der Waals surface area contributed by atoms with E-state index in [9.17, 15) is 9.59 Å². The van der Waals surface area contributed by atoms with Crippen molar-refractivity contribution in [2.75, 3.05) is 39.4 Å². The molecule has 1 aromatic carbocycles. The number of hydrazone groups is 1. The summed E-state index contributed by atoms with van der Waals surface area (Å²) in [4.78, 5) is 25.5. The Hall–Kier alpha value is -1.77. The average molecular weight is 397 g/mol. The fourth-order valence-corrected chi connectivity index (χ4v) is 2.44. The van der Waals surface area contributed by atoms with Crippen molar-refractivity contribution < 1.29 is 14.3 Å². The van der Waals surface area contributed by atoms with E-state index in [1.807, 2.05) is 24.3 Å². The minimum Gasteiger partial charge on any atom is -0.379 e. The Balaban J connectivity index is 1.61. The minimum atomic E-state index is -0.769. The highest BCUT2D eigenvalue weighted by Crippen LogP contribution is 2.08. The van der Waals surface area contributed by atoms with Crippen LogP contribution in [-0.4, -0.2) is 62.3 Å². The van der Waals surface area contributed by atoms with Crippen LogP contribution in [0.3, 0.4) is 0 Å². The summed E-state index contributed by atoms with van der Waals surface area (Å²) in [5, 5.41) is 6.36. The third kappa shape index (κ3) is 6.77. The molecule has 1 heterocycles. The fraction of sp³-hybridized carbons (Fsp3) is 0.438. The standard InChI is InChI=1S/C16H21BrN4O3/c17-14-4-2-13(3-5-14)12-19-20-16(23)15(22)18-6-1-7-21-8-10-24-11-9-21/h2-5,12H,1,6-11H2,(H,18,22)(H,20,23)/b19-12-. The van der Waals surface area contributed by atoms with Gasteiger partial charge in [-0.2, -0.15) is 5.10 Å². The lowest BCUT2D eigenvalue weighted by atomic mass is 10.2. The molecule has 0 saturated carbocycles. The van der Waals surface area contributed by atoms with Crippen molar-refractivity contribution in [3.05, 3.63) is 34.3 Å². The summed E-state index contributed by atoms with van der Waals surface area (Å²) in [6.45, 7) is 4.68. The van der Waals surface area contributed by atoms with E-state index in [4.69, 9.17) is 4.74 Å². The van der Waals surface area contributed by atoms with Gasteiger partial charge >= 0.3 is 11.8 Å². The van der Waals surface area contributed by atoms with Gasteiger partial charge in [-0.3, -0.25) is 14.5 Å². The summed E-state index contributed by atoms with van der Waals surface area (Å²) in [6, 6.07) is 7.41. The normalized spacial score (nSPS) is 15.4. The van der Waals surface area contributed by atoms with E-state index >= 15 is 0 Å². The first-order valence-corrected chi connectivity index (χ1v) is 8.61. The van der Waals surface area contributed by atoms with Gasteiger partial charge in [0.1, 0.15) is 0 Å². The fourth-order valence-electron chi connectivity index (χ4n) is 2.17. The second-order valence-electron chi connectivity index (χ2n) is 5.31. The number of nitrogens with zero attached hydrogens (tertiary/aromatic N) is 2. The molecule has 2 N–H and O–H groups in total. The van der Waals surface area contributed by atoms with Crippen molar-refractivity contribution >= 4 is 34.0 Å². The quantitative estimate of drug-likeness (QED) is 0.321. The zero-order valence-corrected chi connectivity index (χ0v) is 14.9. The van der Waals surface area contributed by atoms with Crippen molar-refractivity contribution in [3.8, 4) is 0 Å². The van der Waals surface area contributed by atoms with Crippen LogP contribution < -0.4 is 10.7 Å². The van der Waals surface area contributed by atoms with Gasteiger partial charge in [-0.05, 0) is 30.7 Å². The van der Waals surface area contributed by atoms with Gasteiger partial charge in [0, 0.05) is 24.1 Å². The highest BCUT2D eigenvalue weighted by molar-refractivity contribution is 9.10. The zero-order chi connectivity index (χ0) is 17.2. The maximum Gasteiger partial charge on any atom is 0.329 e. The molecule has 1 saturated heterocycles. The van der Waals surface area contributed by atoms with E-state index < -0.39 is 11.8 Å². The van der Waals surface area contributed by atoms with Crippen LogP contribution in [0.4, 0.5) is 0 Å². The van der Waals surface area contributed by atoms with Crippen LogP contribution in [0.1, 0.15) is 12.0 Å². The lowest BCUT2D eigenvalue weighted by Gasteiger charge is -2.26. The molecule has 130 valence electrons. The molecule has 0 bridgehead atoms. The van der Waals surface area contributed by atoms with E-state index in [0.29, 0.717) is 6.54 Å². The molecule has 24 heavy (non-hydrogen) atoms. The lowest BCUT2D eigenvalue weighted by molar-refractivity contribution is -0.139. The predicted molar refractivity (Wildman–Crippen MR) is 94.8 cm³/mol. The molecule has 2 amide bonds. The number of hydrogen-bond donors (Lipinski definition) is 2. The van der Waals surface area contributed by atoms with Crippen molar-refractivity contribution in [2.45, 2.75) is 6.42 Å². The molecule has 0 aromatic heterocycles. The van der Waals surface area contributed by atoms with Crippen LogP contribution in [0, 0.1) is 0 Å². The number of ether oxygens (including phenoxy) is 1. The minimum absolute atomic E-state index is 0.458. The number of morpholine rings is 1. The van der Waals surface area contributed by atoms with E-state index in [1.165, 1.54) is 6.21 Å². The molecule has 1 fully saturated rings. The van der Waals surface area contributed by atoms with Gasteiger partial charge in [-0.25, -0.2) is 5.43 Å². The number of nitrogens with one attached hydrogen (secondary N) is 2. The summed E-state index contributed by atoms with van der Waals surface area (Å²) < 4.78 is 6.23. The van der Waals surface area contributed by atoms with Gasteiger partial charge in [-0.1, -0.05) is 28.1 Å². The first kappa shape index (κ1) is 18.6.